The van der Waals surface area contributed by atoms with Crippen LogP contribution in [0, 0.1) is 0 Å². The molecule has 2 nitrogen and oxygen atoms in total. The van der Waals surface area contributed by atoms with Crippen LogP contribution in [-0.2, 0) is 0 Å². The van der Waals surface area contributed by atoms with Crippen molar-refractivity contribution in [3.05, 3.63) is 12.7 Å². The van der Waals surface area contributed by atoms with Gasteiger partial charge in [-0.2, -0.15) is 0 Å². The SMILES string of the molecule is C=CCN(CC)C1CCCNC1. The molecule has 1 atom stereocenters. The van der Waals surface area contributed by atoms with E-state index in [9.17, 15) is 0 Å². The standard InChI is InChI=1S/C10H20N2/c1-3-8-12(4-2)10-6-5-7-11-9-10/h3,10-11H,1,4-9H2,2H3. The van der Waals surface area contributed by atoms with E-state index in [0.717, 1.165) is 25.7 Å². The van der Waals surface area contributed by atoms with Crippen molar-refractivity contribution in [1.29, 1.82) is 0 Å². The summed E-state index contributed by atoms with van der Waals surface area (Å²) in [5.41, 5.74) is 0. The highest BCUT2D eigenvalue weighted by atomic mass is 15.2. The third-order valence-corrected chi connectivity index (χ3v) is 2.56. The van der Waals surface area contributed by atoms with Crippen molar-refractivity contribution in [3.8, 4) is 0 Å². The highest BCUT2D eigenvalue weighted by molar-refractivity contribution is 4.82. The number of hydrogen-bond acceptors (Lipinski definition) is 2. The summed E-state index contributed by atoms with van der Waals surface area (Å²) < 4.78 is 0. The van der Waals surface area contributed by atoms with E-state index < -0.39 is 0 Å². The average molecular weight is 168 g/mol. The summed E-state index contributed by atoms with van der Waals surface area (Å²) in [5.74, 6) is 0. The third-order valence-electron chi connectivity index (χ3n) is 2.56. The lowest BCUT2D eigenvalue weighted by molar-refractivity contribution is 0.192. The van der Waals surface area contributed by atoms with E-state index in [1.165, 1.54) is 19.4 Å². The molecule has 0 aliphatic carbocycles. The van der Waals surface area contributed by atoms with Gasteiger partial charge in [-0.05, 0) is 25.9 Å². The molecule has 1 saturated heterocycles. The first-order chi connectivity index (χ1) is 5.88. The normalized spacial score (nSPS) is 24.3. The summed E-state index contributed by atoms with van der Waals surface area (Å²) >= 11 is 0. The maximum absolute atomic E-state index is 3.78. The summed E-state index contributed by atoms with van der Waals surface area (Å²) in [5, 5.41) is 3.43. The fraction of sp³-hybridized carbons (Fsp3) is 0.800. The quantitative estimate of drug-likeness (QED) is 0.635. The fourth-order valence-corrected chi connectivity index (χ4v) is 1.85. The van der Waals surface area contributed by atoms with Gasteiger partial charge in [0.25, 0.3) is 0 Å². The summed E-state index contributed by atoms with van der Waals surface area (Å²) in [6, 6.07) is 0.738. The predicted octanol–water partition coefficient (Wildman–Crippen LogP) is 1.25. The topological polar surface area (TPSA) is 15.3 Å². The lowest BCUT2D eigenvalue weighted by atomic mass is 10.1. The Labute approximate surface area is 75.6 Å². The lowest BCUT2D eigenvalue weighted by Crippen LogP contribution is -2.45. The van der Waals surface area contributed by atoms with Crippen LogP contribution in [0.2, 0.25) is 0 Å². The molecule has 1 aliphatic rings. The van der Waals surface area contributed by atoms with Gasteiger partial charge in [-0.3, -0.25) is 4.90 Å². The molecular weight excluding hydrogens is 148 g/mol. The van der Waals surface area contributed by atoms with E-state index in [-0.39, 0.29) is 0 Å². The molecule has 0 aromatic rings. The Morgan fingerprint density at radius 2 is 2.50 bits per heavy atom. The van der Waals surface area contributed by atoms with Crippen molar-refractivity contribution in [2.24, 2.45) is 0 Å². The van der Waals surface area contributed by atoms with Crippen LogP contribution in [0.15, 0.2) is 12.7 Å². The van der Waals surface area contributed by atoms with Gasteiger partial charge in [0.15, 0.2) is 0 Å². The van der Waals surface area contributed by atoms with Crippen molar-refractivity contribution in [2.45, 2.75) is 25.8 Å². The first kappa shape index (κ1) is 9.75. The summed E-state index contributed by atoms with van der Waals surface area (Å²) in [4.78, 5) is 2.49. The number of hydrogen-bond donors (Lipinski definition) is 1. The second-order valence-corrected chi connectivity index (χ2v) is 3.38. The van der Waals surface area contributed by atoms with Crippen LogP contribution in [0.1, 0.15) is 19.8 Å². The molecule has 1 unspecified atom stereocenters. The smallest absolute Gasteiger partial charge is 0.0224 e. The molecule has 1 heterocycles. The zero-order valence-corrected chi connectivity index (χ0v) is 8.05. The molecule has 0 aromatic heterocycles. The van der Waals surface area contributed by atoms with Gasteiger partial charge in [0.1, 0.15) is 0 Å². The highest BCUT2D eigenvalue weighted by Crippen LogP contribution is 2.09. The van der Waals surface area contributed by atoms with E-state index in [2.05, 4.69) is 23.7 Å². The zero-order valence-electron chi connectivity index (χ0n) is 8.05. The molecule has 12 heavy (non-hydrogen) atoms. The number of piperidine rings is 1. The van der Waals surface area contributed by atoms with Crippen LogP contribution in [0.25, 0.3) is 0 Å². The first-order valence-electron chi connectivity index (χ1n) is 4.94. The molecular formula is C10H20N2. The fourth-order valence-electron chi connectivity index (χ4n) is 1.85. The summed E-state index contributed by atoms with van der Waals surface area (Å²) in [6.45, 7) is 10.5. The largest absolute Gasteiger partial charge is 0.315 e. The molecule has 0 bridgehead atoms. The van der Waals surface area contributed by atoms with Crippen molar-refractivity contribution in [1.82, 2.24) is 10.2 Å². The molecule has 0 spiro atoms. The first-order valence-corrected chi connectivity index (χ1v) is 4.94. The van der Waals surface area contributed by atoms with Gasteiger partial charge in [0.05, 0.1) is 0 Å². The van der Waals surface area contributed by atoms with E-state index >= 15 is 0 Å². The van der Waals surface area contributed by atoms with E-state index in [0.29, 0.717) is 0 Å². The van der Waals surface area contributed by atoms with E-state index in [1.807, 2.05) is 6.08 Å². The Morgan fingerprint density at radius 1 is 1.67 bits per heavy atom. The molecule has 0 amide bonds. The van der Waals surface area contributed by atoms with Crippen LogP contribution < -0.4 is 5.32 Å². The Balaban J connectivity index is 2.34. The second-order valence-electron chi connectivity index (χ2n) is 3.38. The van der Waals surface area contributed by atoms with Gasteiger partial charge in [-0.25, -0.2) is 0 Å². The van der Waals surface area contributed by atoms with Crippen molar-refractivity contribution < 1.29 is 0 Å². The molecule has 1 rings (SSSR count). The van der Waals surface area contributed by atoms with Gasteiger partial charge >= 0.3 is 0 Å². The van der Waals surface area contributed by atoms with Crippen LogP contribution in [0.5, 0.6) is 0 Å². The Kier molecular flexibility index (Phi) is 4.33. The molecule has 1 aliphatic heterocycles. The maximum atomic E-state index is 3.78. The van der Waals surface area contributed by atoms with Gasteiger partial charge in [0, 0.05) is 19.1 Å². The Hall–Kier alpha value is -0.340. The number of nitrogens with zero attached hydrogens (tertiary/aromatic N) is 1. The monoisotopic (exact) mass is 168 g/mol. The Morgan fingerprint density at radius 3 is 3.00 bits per heavy atom. The van der Waals surface area contributed by atoms with Gasteiger partial charge in [-0.15, -0.1) is 6.58 Å². The molecule has 0 aromatic carbocycles. The minimum absolute atomic E-state index is 0.738. The van der Waals surface area contributed by atoms with Gasteiger partial charge in [-0.1, -0.05) is 13.0 Å². The number of likely N-dealkylation sites (N-methyl/N-ethyl adjacent to an activating group) is 1. The van der Waals surface area contributed by atoms with Crippen molar-refractivity contribution >= 4 is 0 Å². The van der Waals surface area contributed by atoms with Gasteiger partial charge < -0.3 is 5.32 Å². The third kappa shape index (κ3) is 2.61. The van der Waals surface area contributed by atoms with Crippen LogP contribution in [-0.4, -0.2) is 37.1 Å². The van der Waals surface area contributed by atoms with Crippen LogP contribution >= 0.6 is 0 Å². The van der Waals surface area contributed by atoms with Crippen LogP contribution in [0.3, 0.4) is 0 Å². The Bertz CT molecular complexity index is 128. The maximum Gasteiger partial charge on any atom is 0.0224 e. The van der Waals surface area contributed by atoms with Crippen LogP contribution in [0.4, 0.5) is 0 Å². The average Bonchev–Trinajstić information content (AvgIpc) is 2.15. The van der Waals surface area contributed by atoms with Crippen molar-refractivity contribution in [3.63, 3.8) is 0 Å². The highest BCUT2D eigenvalue weighted by Gasteiger charge is 2.17. The summed E-state index contributed by atoms with van der Waals surface area (Å²) in [7, 11) is 0. The minimum Gasteiger partial charge on any atom is -0.315 e. The molecule has 2 heteroatoms. The van der Waals surface area contributed by atoms with E-state index in [4.69, 9.17) is 0 Å². The molecule has 70 valence electrons. The predicted molar refractivity (Wildman–Crippen MR) is 53.3 cm³/mol. The molecule has 0 saturated carbocycles. The van der Waals surface area contributed by atoms with E-state index in [1.54, 1.807) is 0 Å². The summed E-state index contributed by atoms with van der Waals surface area (Å²) in [6.07, 6.45) is 4.66. The van der Waals surface area contributed by atoms with Gasteiger partial charge in [0.2, 0.25) is 0 Å². The zero-order chi connectivity index (χ0) is 8.81. The second kappa shape index (κ2) is 5.33. The lowest BCUT2D eigenvalue weighted by Gasteiger charge is -2.33. The molecule has 1 N–H and O–H groups in total. The number of nitrogens with one attached hydrogen (secondary N) is 1. The minimum atomic E-state index is 0.738. The molecule has 0 radical (unpaired) electrons. The van der Waals surface area contributed by atoms with Crippen molar-refractivity contribution in [2.75, 3.05) is 26.2 Å². The molecule has 1 fully saturated rings. The number of rotatable bonds is 4.